The van der Waals surface area contributed by atoms with Crippen LogP contribution >= 0.6 is 0 Å². The normalized spacial score (nSPS) is 36.3. The smallest absolute Gasteiger partial charge is 0.0478 e. The molecule has 0 aromatic rings. The Hall–Kier alpha value is -0.120. The van der Waals surface area contributed by atoms with Crippen LogP contribution in [0.3, 0.4) is 0 Å². The van der Waals surface area contributed by atoms with Crippen LogP contribution < -0.4 is 11.1 Å². The van der Waals surface area contributed by atoms with Crippen molar-refractivity contribution in [2.24, 2.45) is 11.7 Å². The van der Waals surface area contributed by atoms with Crippen molar-refractivity contribution in [2.45, 2.75) is 31.8 Å². The first-order chi connectivity index (χ1) is 5.08. The van der Waals surface area contributed by atoms with Gasteiger partial charge in [-0.05, 0) is 6.42 Å². The van der Waals surface area contributed by atoms with E-state index in [1.165, 1.54) is 0 Å². The molecule has 1 saturated carbocycles. The second-order valence-corrected chi connectivity index (χ2v) is 3.85. The molecule has 0 bridgehead atoms. The highest BCUT2D eigenvalue weighted by molar-refractivity contribution is 5.09. The molecule has 0 aromatic heterocycles. The predicted octanol–water partition coefficient (Wildman–Crippen LogP) is -0.306. The maximum atomic E-state index is 8.80. The lowest BCUT2D eigenvalue weighted by Gasteiger charge is -2.14. The van der Waals surface area contributed by atoms with Crippen LogP contribution in [0.2, 0.25) is 0 Å². The van der Waals surface area contributed by atoms with Gasteiger partial charge in [-0.15, -0.1) is 0 Å². The van der Waals surface area contributed by atoms with Crippen LogP contribution in [0.1, 0.15) is 20.3 Å². The molecule has 4 N–H and O–H groups in total. The summed E-state index contributed by atoms with van der Waals surface area (Å²) in [6.45, 7) is 5.26. The lowest BCUT2D eigenvalue weighted by Crippen LogP contribution is -2.41. The summed E-state index contributed by atoms with van der Waals surface area (Å²) in [6, 6.07) is 0.482. The van der Waals surface area contributed by atoms with Crippen LogP contribution in [-0.2, 0) is 0 Å². The fourth-order valence-electron chi connectivity index (χ4n) is 1.26. The van der Waals surface area contributed by atoms with Crippen molar-refractivity contribution in [1.29, 1.82) is 0 Å². The van der Waals surface area contributed by atoms with Gasteiger partial charge in [-0.3, -0.25) is 0 Å². The maximum absolute atomic E-state index is 8.80. The Bertz CT molecular complexity index is 138. The van der Waals surface area contributed by atoms with Crippen molar-refractivity contribution in [3.05, 3.63) is 0 Å². The molecule has 0 aromatic carbocycles. The van der Waals surface area contributed by atoms with Gasteiger partial charge in [0.1, 0.15) is 0 Å². The topological polar surface area (TPSA) is 58.3 Å². The average molecular weight is 158 g/mol. The second-order valence-electron chi connectivity index (χ2n) is 3.85. The Balaban J connectivity index is 2.18. The Kier molecular flexibility index (Phi) is 2.52. The van der Waals surface area contributed by atoms with E-state index in [0.717, 1.165) is 13.0 Å². The van der Waals surface area contributed by atoms with E-state index in [9.17, 15) is 0 Å². The quantitative estimate of drug-likeness (QED) is 0.526. The number of aliphatic hydroxyl groups excluding tert-OH is 1. The largest absolute Gasteiger partial charge is 0.396 e. The van der Waals surface area contributed by atoms with Crippen LogP contribution in [0.4, 0.5) is 0 Å². The number of nitrogens with two attached hydrogens (primary N) is 1. The lowest BCUT2D eigenvalue weighted by molar-refractivity contribution is 0.262. The number of aliphatic hydroxyl groups is 1. The van der Waals surface area contributed by atoms with Gasteiger partial charge in [0, 0.05) is 30.7 Å². The van der Waals surface area contributed by atoms with E-state index in [-0.39, 0.29) is 12.1 Å². The van der Waals surface area contributed by atoms with Crippen molar-refractivity contribution in [3.8, 4) is 0 Å². The summed E-state index contributed by atoms with van der Waals surface area (Å²) in [4.78, 5) is 0. The van der Waals surface area contributed by atoms with Crippen molar-refractivity contribution >= 4 is 0 Å². The van der Waals surface area contributed by atoms with E-state index >= 15 is 0 Å². The summed E-state index contributed by atoms with van der Waals surface area (Å²) in [7, 11) is 0. The molecule has 1 rings (SSSR count). The minimum Gasteiger partial charge on any atom is -0.396 e. The highest BCUT2D eigenvalue weighted by atomic mass is 16.3. The molecule has 66 valence electrons. The minimum absolute atomic E-state index is 0.112. The van der Waals surface area contributed by atoms with Crippen LogP contribution in [0.15, 0.2) is 0 Å². The zero-order valence-corrected chi connectivity index (χ0v) is 7.30. The zero-order valence-electron chi connectivity index (χ0n) is 7.30. The molecule has 0 heterocycles. The van der Waals surface area contributed by atoms with E-state index in [2.05, 4.69) is 19.2 Å². The van der Waals surface area contributed by atoms with Crippen molar-refractivity contribution in [2.75, 3.05) is 13.2 Å². The van der Waals surface area contributed by atoms with E-state index in [0.29, 0.717) is 12.0 Å². The molecule has 1 aliphatic carbocycles. The predicted molar refractivity (Wildman–Crippen MR) is 45.2 cm³/mol. The minimum atomic E-state index is -0.112. The van der Waals surface area contributed by atoms with Crippen LogP contribution in [0.5, 0.6) is 0 Å². The monoisotopic (exact) mass is 158 g/mol. The van der Waals surface area contributed by atoms with Crippen LogP contribution in [-0.4, -0.2) is 29.8 Å². The Morgan fingerprint density at radius 2 is 2.36 bits per heavy atom. The van der Waals surface area contributed by atoms with Gasteiger partial charge in [-0.25, -0.2) is 0 Å². The average Bonchev–Trinajstić information content (AvgIpc) is 2.59. The molecule has 0 saturated heterocycles. The summed E-state index contributed by atoms with van der Waals surface area (Å²) < 4.78 is 0. The third-order valence-electron chi connectivity index (χ3n) is 2.34. The van der Waals surface area contributed by atoms with Gasteiger partial charge in [0.25, 0.3) is 0 Å². The third kappa shape index (κ3) is 2.15. The fraction of sp³-hybridized carbons (Fsp3) is 1.00. The van der Waals surface area contributed by atoms with Gasteiger partial charge < -0.3 is 16.2 Å². The van der Waals surface area contributed by atoms with E-state index < -0.39 is 0 Å². The summed E-state index contributed by atoms with van der Waals surface area (Å²) in [5.74, 6) is 0.328. The second kappa shape index (κ2) is 3.09. The molecular weight excluding hydrogens is 140 g/mol. The standard InChI is InChI=1S/C8H18N2O/c1-6(2)10-5-8(9)3-7(8)4-11/h6-7,10-11H,3-5,9H2,1-2H3/t7-,8-/m0/s1. The highest BCUT2D eigenvalue weighted by Crippen LogP contribution is 2.39. The number of nitrogens with one attached hydrogen (secondary N) is 1. The summed E-state index contributed by atoms with van der Waals surface area (Å²) in [6.07, 6.45) is 0.962. The SMILES string of the molecule is CC(C)NC[C@@]1(N)C[C@H]1CO. The first-order valence-electron chi connectivity index (χ1n) is 4.21. The van der Waals surface area contributed by atoms with Crippen LogP contribution in [0.25, 0.3) is 0 Å². The van der Waals surface area contributed by atoms with Gasteiger partial charge in [0.15, 0.2) is 0 Å². The van der Waals surface area contributed by atoms with Gasteiger partial charge in [0.05, 0.1) is 0 Å². The maximum Gasteiger partial charge on any atom is 0.0478 e. The fourth-order valence-corrected chi connectivity index (χ4v) is 1.26. The molecule has 11 heavy (non-hydrogen) atoms. The van der Waals surface area contributed by atoms with Crippen LogP contribution in [0, 0.1) is 5.92 Å². The molecule has 0 unspecified atom stereocenters. The molecular formula is C8H18N2O. The van der Waals surface area contributed by atoms with E-state index in [1.54, 1.807) is 0 Å². The zero-order chi connectivity index (χ0) is 8.48. The number of hydrogen-bond donors (Lipinski definition) is 3. The van der Waals surface area contributed by atoms with Crippen molar-refractivity contribution < 1.29 is 5.11 Å². The molecule has 0 radical (unpaired) electrons. The molecule has 2 atom stereocenters. The third-order valence-corrected chi connectivity index (χ3v) is 2.34. The summed E-state index contributed by atoms with van der Waals surface area (Å²) in [5.41, 5.74) is 5.82. The molecule has 0 spiro atoms. The van der Waals surface area contributed by atoms with Gasteiger partial charge >= 0.3 is 0 Å². The molecule has 1 aliphatic rings. The highest BCUT2D eigenvalue weighted by Gasteiger charge is 2.49. The molecule has 3 heteroatoms. The molecule has 0 amide bonds. The molecule has 1 fully saturated rings. The van der Waals surface area contributed by atoms with E-state index in [4.69, 9.17) is 10.8 Å². The van der Waals surface area contributed by atoms with Gasteiger partial charge in [0.2, 0.25) is 0 Å². The van der Waals surface area contributed by atoms with E-state index in [1.807, 2.05) is 0 Å². The molecule has 3 nitrogen and oxygen atoms in total. The van der Waals surface area contributed by atoms with Crippen molar-refractivity contribution in [1.82, 2.24) is 5.32 Å². The van der Waals surface area contributed by atoms with Crippen molar-refractivity contribution in [3.63, 3.8) is 0 Å². The molecule has 0 aliphatic heterocycles. The number of hydrogen-bond acceptors (Lipinski definition) is 3. The Morgan fingerprint density at radius 1 is 1.73 bits per heavy atom. The van der Waals surface area contributed by atoms with Gasteiger partial charge in [-0.2, -0.15) is 0 Å². The summed E-state index contributed by atoms with van der Waals surface area (Å²) >= 11 is 0. The Labute approximate surface area is 68.0 Å². The number of rotatable bonds is 4. The first-order valence-corrected chi connectivity index (χ1v) is 4.21. The van der Waals surface area contributed by atoms with Gasteiger partial charge in [-0.1, -0.05) is 13.8 Å². The Morgan fingerprint density at radius 3 is 2.73 bits per heavy atom. The summed E-state index contributed by atoms with van der Waals surface area (Å²) in [5, 5.41) is 12.1. The first kappa shape index (κ1) is 8.97. The lowest BCUT2D eigenvalue weighted by atomic mass is 10.2.